The molecule has 0 bridgehead atoms. The molecule has 0 spiro atoms. The third kappa shape index (κ3) is 3.56. The van der Waals surface area contributed by atoms with Gasteiger partial charge in [-0.05, 0) is 50.9 Å². The second kappa shape index (κ2) is 6.78. The third-order valence-corrected chi connectivity index (χ3v) is 4.83. The zero-order chi connectivity index (χ0) is 18.9. The second-order valence-electron chi connectivity index (χ2n) is 6.47. The van der Waals surface area contributed by atoms with Crippen LogP contribution >= 0.6 is 0 Å². The SMILES string of the molecule is CCC(=O)O[C@@]1(C)CCC[C@@](NC)(c2ccc(C(F)(F)F)cc2)C1=O. The molecule has 0 saturated heterocycles. The predicted octanol–water partition coefficient (Wildman–Crippen LogP) is 3.59. The molecular weight excluding hydrogens is 335 g/mol. The Hall–Kier alpha value is -1.89. The first kappa shape index (κ1) is 19.4. The minimum Gasteiger partial charge on any atom is -0.451 e. The molecule has 2 rings (SSSR count). The maximum absolute atomic E-state index is 13.2. The number of ether oxygens (including phenoxy) is 1. The Morgan fingerprint density at radius 3 is 2.32 bits per heavy atom. The standard InChI is InChI=1S/C18H22F3NO3/c1-4-14(23)25-16(2)10-5-11-17(22-3,15(16)24)12-6-8-13(9-7-12)18(19,20)21/h6-9,22H,4-5,10-11H2,1-3H3/t16-,17+/m0/s1. The van der Waals surface area contributed by atoms with E-state index in [0.29, 0.717) is 24.8 Å². The van der Waals surface area contributed by atoms with Gasteiger partial charge in [0, 0.05) is 6.42 Å². The summed E-state index contributed by atoms with van der Waals surface area (Å²) in [5.41, 5.74) is -2.81. The summed E-state index contributed by atoms with van der Waals surface area (Å²) in [5, 5.41) is 2.97. The van der Waals surface area contributed by atoms with Crippen molar-refractivity contribution in [2.45, 2.75) is 56.8 Å². The molecule has 0 heterocycles. The van der Waals surface area contributed by atoms with Gasteiger partial charge in [-0.25, -0.2) is 0 Å². The van der Waals surface area contributed by atoms with Crippen LogP contribution in [-0.2, 0) is 26.0 Å². The average Bonchev–Trinajstić information content (AvgIpc) is 2.57. The summed E-state index contributed by atoms with van der Waals surface area (Å²) in [7, 11) is 1.59. The lowest BCUT2D eigenvalue weighted by molar-refractivity contribution is -0.172. The second-order valence-corrected chi connectivity index (χ2v) is 6.47. The van der Waals surface area contributed by atoms with Crippen molar-refractivity contribution in [3.63, 3.8) is 0 Å². The Labute approximate surface area is 144 Å². The van der Waals surface area contributed by atoms with Crippen molar-refractivity contribution in [2.75, 3.05) is 7.05 Å². The molecule has 7 heteroatoms. The summed E-state index contributed by atoms with van der Waals surface area (Å²) in [6.45, 7) is 3.21. The number of alkyl halides is 3. The number of carbonyl (C=O) groups is 2. The first-order chi connectivity index (χ1) is 11.6. The van der Waals surface area contributed by atoms with E-state index in [-0.39, 0.29) is 12.2 Å². The smallest absolute Gasteiger partial charge is 0.416 e. The Balaban J connectivity index is 2.41. The van der Waals surface area contributed by atoms with Crippen LogP contribution < -0.4 is 5.32 Å². The maximum Gasteiger partial charge on any atom is 0.416 e. The van der Waals surface area contributed by atoms with E-state index in [1.807, 2.05) is 0 Å². The molecular formula is C18H22F3NO3. The molecule has 0 radical (unpaired) electrons. The van der Waals surface area contributed by atoms with E-state index in [9.17, 15) is 22.8 Å². The van der Waals surface area contributed by atoms with Gasteiger partial charge in [0.05, 0.1) is 5.56 Å². The molecule has 1 aromatic carbocycles. The van der Waals surface area contributed by atoms with Crippen LogP contribution in [0.2, 0.25) is 0 Å². The summed E-state index contributed by atoms with van der Waals surface area (Å²) in [4.78, 5) is 24.9. The number of esters is 1. The quantitative estimate of drug-likeness (QED) is 0.837. The van der Waals surface area contributed by atoms with Gasteiger partial charge in [0.2, 0.25) is 5.78 Å². The minimum absolute atomic E-state index is 0.149. The number of benzene rings is 1. The highest BCUT2D eigenvalue weighted by Gasteiger charge is 2.53. The minimum atomic E-state index is -4.44. The Bertz CT molecular complexity index is 657. The van der Waals surface area contributed by atoms with E-state index in [0.717, 1.165) is 12.1 Å². The number of likely N-dealkylation sites (N-methyl/N-ethyl adjacent to an activating group) is 1. The van der Waals surface area contributed by atoms with Gasteiger partial charge in [-0.1, -0.05) is 19.1 Å². The van der Waals surface area contributed by atoms with Crippen molar-refractivity contribution in [3.8, 4) is 0 Å². The molecule has 1 aliphatic carbocycles. The van der Waals surface area contributed by atoms with Gasteiger partial charge >= 0.3 is 12.1 Å². The van der Waals surface area contributed by atoms with Crippen molar-refractivity contribution in [1.29, 1.82) is 0 Å². The topological polar surface area (TPSA) is 55.4 Å². The van der Waals surface area contributed by atoms with Crippen LogP contribution in [-0.4, -0.2) is 24.4 Å². The maximum atomic E-state index is 13.2. The molecule has 1 fully saturated rings. The molecule has 1 N–H and O–H groups in total. The van der Waals surface area contributed by atoms with Crippen LogP contribution in [0.3, 0.4) is 0 Å². The lowest BCUT2D eigenvalue weighted by atomic mass is 9.69. The Morgan fingerprint density at radius 2 is 1.84 bits per heavy atom. The third-order valence-electron chi connectivity index (χ3n) is 4.83. The monoisotopic (exact) mass is 357 g/mol. The summed E-state index contributed by atoms with van der Waals surface area (Å²) < 4.78 is 43.7. The van der Waals surface area contributed by atoms with Crippen LogP contribution in [0.1, 0.15) is 50.7 Å². The van der Waals surface area contributed by atoms with Crippen molar-refractivity contribution >= 4 is 11.8 Å². The first-order valence-electron chi connectivity index (χ1n) is 8.22. The number of Topliss-reactive ketones (excluding diaryl/α,β-unsaturated/α-hetero) is 1. The lowest BCUT2D eigenvalue weighted by Gasteiger charge is -2.44. The number of nitrogens with one attached hydrogen (secondary N) is 1. The van der Waals surface area contributed by atoms with Crippen molar-refractivity contribution in [3.05, 3.63) is 35.4 Å². The van der Waals surface area contributed by atoms with E-state index in [1.54, 1.807) is 20.9 Å². The summed E-state index contributed by atoms with van der Waals surface area (Å²) in [6.07, 6.45) is -2.88. The number of rotatable bonds is 4. The molecule has 1 aromatic rings. The van der Waals surface area contributed by atoms with E-state index in [2.05, 4.69) is 5.32 Å². The van der Waals surface area contributed by atoms with Gasteiger partial charge in [0.25, 0.3) is 0 Å². The molecule has 25 heavy (non-hydrogen) atoms. The first-order valence-corrected chi connectivity index (χ1v) is 8.22. The van der Waals surface area contributed by atoms with Gasteiger partial charge in [-0.15, -0.1) is 0 Å². The van der Waals surface area contributed by atoms with Crippen LogP contribution in [0.5, 0.6) is 0 Å². The highest BCUT2D eigenvalue weighted by atomic mass is 19.4. The van der Waals surface area contributed by atoms with Gasteiger partial charge in [-0.2, -0.15) is 13.2 Å². The molecule has 138 valence electrons. The highest BCUT2D eigenvalue weighted by molar-refractivity contribution is 5.98. The average molecular weight is 357 g/mol. The molecule has 2 atom stereocenters. The largest absolute Gasteiger partial charge is 0.451 e. The zero-order valence-electron chi connectivity index (χ0n) is 14.5. The van der Waals surface area contributed by atoms with Gasteiger partial charge in [0.1, 0.15) is 5.54 Å². The van der Waals surface area contributed by atoms with Crippen LogP contribution in [0.25, 0.3) is 0 Å². The summed E-state index contributed by atoms with van der Waals surface area (Å²) in [6, 6.07) is 4.55. The fourth-order valence-electron chi connectivity index (χ4n) is 3.39. The summed E-state index contributed by atoms with van der Waals surface area (Å²) in [5.74, 6) is -0.814. The Morgan fingerprint density at radius 1 is 1.24 bits per heavy atom. The highest BCUT2D eigenvalue weighted by Crippen LogP contribution is 2.41. The number of hydrogen-bond donors (Lipinski definition) is 1. The number of hydrogen-bond acceptors (Lipinski definition) is 4. The fraction of sp³-hybridized carbons (Fsp3) is 0.556. The lowest BCUT2D eigenvalue weighted by Crippen LogP contribution is -2.60. The van der Waals surface area contributed by atoms with Crippen molar-refractivity contribution < 1.29 is 27.5 Å². The number of carbonyl (C=O) groups excluding carboxylic acids is 2. The van der Waals surface area contributed by atoms with E-state index in [4.69, 9.17) is 4.74 Å². The van der Waals surface area contributed by atoms with Crippen LogP contribution in [0, 0.1) is 0 Å². The van der Waals surface area contributed by atoms with Crippen molar-refractivity contribution in [1.82, 2.24) is 5.32 Å². The molecule has 0 amide bonds. The summed E-state index contributed by atoms with van der Waals surface area (Å²) >= 11 is 0. The van der Waals surface area contributed by atoms with Gasteiger partial charge in [-0.3, -0.25) is 9.59 Å². The molecule has 0 aromatic heterocycles. The Kier molecular flexibility index (Phi) is 5.27. The molecule has 0 aliphatic heterocycles. The molecule has 1 saturated carbocycles. The van der Waals surface area contributed by atoms with Crippen LogP contribution in [0.15, 0.2) is 24.3 Å². The molecule has 1 aliphatic rings. The molecule has 0 unspecified atom stereocenters. The number of ketones is 1. The zero-order valence-corrected chi connectivity index (χ0v) is 14.5. The molecule has 4 nitrogen and oxygen atoms in total. The fourth-order valence-corrected chi connectivity index (χ4v) is 3.39. The van der Waals surface area contributed by atoms with Gasteiger partial charge in [0.15, 0.2) is 5.60 Å². The van der Waals surface area contributed by atoms with Gasteiger partial charge < -0.3 is 10.1 Å². The van der Waals surface area contributed by atoms with E-state index >= 15 is 0 Å². The van der Waals surface area contributed by atoms with Crippen molar-refractivity contribution in [2.24, 2.45) is 0 Å². The van der Waals surface area contributed by atoms with E-state index in [1.165, 1.54) is 12.1 Å². The number of halogens is 3. The predicted molar refractivity (Wildman–Crippen MR) is 85.8 cm³/mol. The normalized spacial score (nSPS) is 27.2. The van der Waals surface area contributed by atoms with E-state index < -0.39 is 28.8 Å². The van der Waals surface area contributed by atoms with Crippen LogP contribution in [0.4, 0.5) is 13.2 Å².